The molecule has 0 bridgehead atoms. The molecule has 0 radical (unpaired) electrons. The standard InChI is InChI=1S/C21H19N3O2/c1-24(2)21(26)16-6-5-7-17(14-16)23-20(25)11-10-15-12-13-22-19-9-4-3-8-18(15)19/h3-14H,1-2H3,(H,23,25)/b11-10+. The number of carbonyl (C=O) groups excluding carboxylic acids is 2. The Labute approximate surface area is 152 Å². The van der Waals surface area contributed by atoms with E-state index in [1.165, 1.54) is 11.0 Å². The number of para-hydroxylation sites is 1. The van der Waals surface area contributed by atoms with E-state index in [2.05, 4.69) is 10.3 Å². The smallest absolute Gasteiger partial charge is 0.253 e. The van der Waals surface area contributed by atoms with Crippen LogP contribution in [0.3, 0.4) is 0 Å². The van der Waals surface area contributed by atoms with Gasteiger partial charge in [-0.2, -0.15) is 0 Å². The van der Waals surface area contributed by atoms with Gasteiger partial charge in [0.05, 0.1) is 5.52 Å². The van der Waals surface area contributed by atoms with Crippen molar-refractivity contribution in [2.24, 2.45) is 0 Å². The first-order chi connectivity index (χ1) is 12.5. The minimum Gasteiger partial charge on any atom is -0.345 e. The Bertz CT molecular complexity index is 988. The molecule has 1 N–H and O–H groups in total. The van der Waals surface area contributed by atoms with Gasteiger partial charge in [-0.1, -0.05) is 24.3 Å². The lowest BCUT2D eigenvalue weighted by atomic mass is 10.1. The monoisotopic (exact) mass is 345 g/mol. The first-order valence-corrected chi connectivity index (χ1v) is 8.19. The number of aromatic nitrogens is 1. The number of benzene rings is 2. The lowest BCUT2D eigenvalue weighted by Crippen LogP contribution is -2.21. The summed E-state index contributed by atoms with van der Waals surface area (Å²) in [5, 5.41) is 3.77. The minimum atomic E-state index is -0.264. The van der Waals surface area contributed by atoms with Crippen LogP contribution in [-0.2, 0) is 4.79 Å². The van der Waals surface area contributed by atoms with Crippen LogP contribution in [0.4, 0.5) is 5.69 Å². The molecule has 0 aliphatic rings. The van der Waals surface area contributed by atoms with Crippen LogP contribution in [-0.4, -0.2) is 35.8 Å². The molecule has 0 saturated carbocycles. The summed E-state index contributed by atoms with van der Waals surface area (Å²) in [5.74, 6) is -0.375. The highest BCUT2D eigenvalue weighted by Crippen LogP contribution is 2.17. The van der Waals surface area contributed by atoms with Gasteiger partial charge in [0.25, 0.3) is 5.91 Å². The van der Waals surface area contributed by atoms with Crippen molar-refractivity contribution in [3.63, 3.8) is 0 Å². The largest absolute Gasteiger partial charge is 0.345 e. The highest BCUT2D eigenvalue weighted by molar-refractivity contribution is 6.04. The van der Waals surface area contributed by atoms with Gasteiger partial charge in [-0.25, -0.2) is 0 Å². The molecular formula is C21H19N3O2. The van der Waals surface area contributed by atoms with E-state index in [1.54, 1.807) is 50.6 Å². The fourth-order valence-corrected chi connectivity index (χ4v) is 2.60. The summed E-state index contributed by atoms with van der Waals surface area (Å²) in [6, 6.07) is 16.5. The minimum absolute atomic E-state index is 0.111. The molecule has 2 amide bonds. The van der Waals surface area contributed by atoms with Crippen molar-refractivity contribution in [3.8, 4) is 0 Å². The molecule has 5 nitrogen and oxygen atoms in total. The average molecular weight is 345 g/mol. The number of nitrogens with one attached hydrogen (secondary N) is 1. The van der Waals surface area contributed by atoms with Gasteiger partial charge in [-0.05, 0) is 42.0 Å². The van der Waals surface area contributed by atoms with Crippen molar-refractivity contribution in [2.45, 2.75) is 0 Å². The number of pyridine rings is 1. The molecule has 0 unspecified atom stereocenters. The fourth-order valence-electron chi connectivity index (χ4n) is 2.60. The van der Waals surface area contributed by atoms with Crippen LogP contribution in [0.1, 0.15) is 15.9 Å². The van der Waals surface area contributed by atoms with Gasteiger partial charge in [-0.3, -0.25) is 14.6 Å². The third-order valence-corrected chi connectivity index (χ3v) is 3.88. The molecule has 2 aromatic carbocycles. The van der Waals surface area contributed by atoms with E-state index in [-0.39, 0.29) is 11.8 Å². The molecule has 0 fully saturated rings. The highest BCUT2D eigenvalue weighted by atomic mass is 16.2. The van der Waals surface area contributed by atoms with E-state index >= 15 is 0 Å². The number of rotatable bonds is 4. The molecule has 0 spiro atoms. The SMILES string of the molecule is CN(C)C(=O)c1cccc(NC(=O)/C=C/c2ccnc3ccccc23)c1. The molecule has 26 heavy (non-hydrogen) atoms. The normalized spacial score (nSPS) is 10.8. The molecule has 130 valence electrons. The van der Waals surface area contributed by atoms with Crippen LogP contribution in [0.25, 0.3) is 17.0 Å². The van der Waals surface area contributed by atoms with Crippen LogP contribution in [0.15, 0.2) is 66.9 Å². The Kier molecular flexibility index (Phi) is 5.08. The van der Waals surface area contributed by atoms with Gasteiger partial charge in [0, 0.05) is 43.0 Å². The first-order valence-electron chi connectivity index (χ1n) is 8.19. The maximum atomic E-state index is 12.2. The Morgan fingerprint density at radius 3 is 2.65 bits per heavy atom. The molecule has 5 heteroatoms. The second-order valence-corrected chi connectivity index (χ2v) is 6.02. The quantitative estimate of drug-likeness (QED) is 0.735. The Morgan fingerprint density at radius 2 is 1.85 bits per heavy atom. The van der Waals surface area contributed by atoms with Crippen molar-refractivity contribution in [3.05, 3.63) is 78.0 Å². The summed E-state index contributed by atoms with van der Waals surface area (Å²) in [4.78, 5) is 30.0. The average Bonchev–Trinajstić information content (AvgIpc) is 2.65. The zero-order valence-electron chi connectivity index (χ0n) is 14.6. The molecule has 1 heterocycles. The predicted octanol–water partition coefficient (Wildman–Crippen LogP) is 3.59. The highest BCUT2D eigenvalue weighted by Gasteiger charge is 2.08. The lowest BCUT2D eigenvalue weighted by Gasteiger charge is -2.11. The third kappa shape index (κ3) is 3.95. The summed E-state index contributed by atoms with van der Waals surface area (Å²) >= 11 is 0. The maximum absolute atomic E-state index is 12.2. The number of fused-ring (bicyclic) bond motifs is 1. The number of anilines is 1. The van der Waals surface area contributed by atoms with E-state index in [0.717, 1.165) is 16.5 Å². The van der Waals surface area contributed by atoms with Crippen LogP contribution in [0.2, 0.25) is 0 Å². The third-order valence-electron chi connectivity index (χ3n) is 3.88. The fraction of sp³-hybridized carbons (Fsp3) is 0.0952. The molecule has 3 rings (SSSR count). The molecular weight excluding hydrogens is 326 g/mol. The van der Waals surface area contributed by atoms with Gasteiger partial charge in [0.15, 0.2) is 0 Å². The van der Waals surface area contributed by atoms with Gasteiger partial charge in [0.1, 0.15) is 0 Å². The van der Waals surface area contributed by atoms with E-state index in [4.69, 9.17) is 0 Å². The van der Waals surface area contributed by atoms with Crippen LogP contribution in [0.5, 0.6) is 0 Å². The molecule has 0 atom stereocenters. The molecule has 1 aromatic heterocycles. The Balaban J connectivity index is 1.76. The van der Waals surface area contributed by atoms with Crippen molar-refractivity contribution < 1.29 is 9.59 Å². The second kappa shape index (κ2) is 7.61. The predicted molar refractivity (Wildman–Crippen MR) is 104 cm³/mol. The summed E-state index contributed by atoms with van der Waals surface area (Å²) in [6.07, 6.45) is 4.95. The van der Waals surface area contributed by atoms with E-state index in [9.17, 15) is 9.59 Å². The molecule has 0 aliphatic heterocycles. The molecule has 0 aliphatic carbocycles. The second-order valence-electron chi connectivity index (χ2n) is 6.02. The summed E-state index contributed by atoms with van der Waals surface area (Å²) in [6.45, 7) is 0. The van der Waals surface area contributed by atoms with Gasteiger partial charge >= 0.3 is 0 Å². The van der Waals surface area contributed by atoms with Gasteiger partial charge in [0.2, 0.25) is 5.91 Å². The number of carbonyl (C=O) groups is 2. The summed E-state index contributed by atoms with van der Waals surface area (Å²) in [5.41, 5.74) is 2.90. The van der Waals surface area contributed by atoms with Crippen LogP contribution < -0.4 is 5.32 Å². The Hall–Kier alpha value is -3.47. The first kappa shape index (κ1) is 17.4. The zero-order chi connectivity index (χ0) is 18.5. The van der Waals surface area contributed by atoms with Crippen molar-refractivity contribution >= 4 is 34.5 Å². The van der Waals surface area contributed by atoms with Crippen LogP contribution >= 0.6 is 0 Å². The van der Waals surface area contributed by atoms with Crippen LogP contribution in [0, 0.1) is 0 Å². The summed E-state index contributed by atoms with van der Waals surface area (Å²) < 4.78 is 0. The van der Waals surface area contributed by atoms with E-state index < -0.39 is 0 Å². The number of nitrogens with zero attached hydrogens (tertiary/aromatic N) is 2. The van der Waals surface area contributed by atoms with Crippen molar-refractivity contribution in [2.75, 3.05) is 19.4 Å². The van der Waals surface area contributed by atoms with Gasteiger partial charge < -0.3 is 10.2 Å². The molecule has 3 aromatic rings. The van der Waals surface area contributed by atoms with E-state index in [0.29, 0.717) is 11.3 Å². The summed E-state index contributed by atoms with van der Waals surface area (Å²) in [7, 11) is 3.38. The zero-order valence-corrected chi connectivity index (χ0v) is 14.6. The topological polar surface area (TPSA) is 62.3 Å². The number of hydrogen-bond acceptors (Lipinski definition) is 3. The molecule has 0 saturated heterocycles. The lowest BCUT2D eigenvalue weighted by molar-refractivity contribution is -0.111. The van der Waals surface area contributed by atoms with E-state index in [1.807, 2.05) is 30.3 Å². The van der Waals surface area contributed by atoms with Crippen molar-refractivity contribution in [1.82, 2.24) is 9.88 Å². The maximum Gasteiger partial charge on any atom is 0.253 e. The number of amides is 2. The Morgan fingerprint density at radius 1 is 1.04 bits per heavy atom. The van der Waals surface area contributed by atoms with Crippen molar-refractivity contribution in [1.29, 1.82) is 0 Å². The van der Waals surface area contributed by atoms with Gasteiger partial charge in [-0.15, -0.1) is 0 Å². The number of hydrogen-bond donors (Lipinski definition) is 1.